The minimum absolute atomic E-state index is 0.119. The highest BCUT2D eigenvalue weighted by molar-refractivity contribution is 7.80. The third-order valence-electron chi connectivity index (χ3n) is 5.31. The second kappa shape index (κ2) is 8.97. The van der Waals surface area contributed by atoms with Gasteiger partial charge < -0.3 is 25.0 Å². The molecule has 1 fully saturated rings. The smallest absolute Gasteiger partial charge is 0.433 e. The predicted octanol–water partition coefficient (Wildman–Crippen LogP) is 4.19. The second-order valence-corrected chi connectivity index (χ2v) is 8.69. The minimum atomic E-state index is -4.59. The van der Waals surface area contributed by atoms with Gasteiger partial charge in [0.1, 0.15) is 5.82 Å². The van der Waals surface area contributed by atoms with Gasteiger partial charge in [0.15, 0.2) is 22.3 Å². The third-order valence-corrected chi connectivity index (χ3v) is 5.56. The molecule has 2 aliphatic rings. The van der Waals surface area contributed by atoms with E-state index < -0.39 is 11.9 Å². The first-order valence-electron chi connectivity index (χ1n) is 10.3. The van der Waals surface area contributed by atoms with E-state index in [0.29, 0.717) is 43.0 Å². The number of ether oxygens (including phenoxy) is 2. The van der Waals surface area contributed by atoms with Crippen molar-refractivity contribution >= 4 is 29.1 Å². The summed E-state index contributed by atoms with van der Waals surface area (Å²) in [6, 6.07) is 6.45. The Morgan fingerprint density at radius 1 is 1.12 bits per heavy atom. The lowest BCUT2D eigenvalue weighted by Gasteiger charge is -2.36. The molecule has 172 valence electrons. The van der Waals surface area contributed by atoms with Gasteiger partial charge >= 0.3 is 6.18 Å². The van der Waals surface area contributed by atoms with Crippen LogP contribution in [0, 0.1) is 11.8 Å². The molecule has 0 aliphatic carbocycles. The Labute approximate surface area is 189 Å². The molecule has 0 unspecified atom stereocenters. The van der Waals surface area contributed by atoms with E-state index in [9.17, 15) is 13.2 Å². The van der Waals surface area contributed by atoms with E-state index in [1.165, 1.54) is 0 Å². The van der Waals surface area contributed by atoms with Gasteiger partial charge in [-0.25, -0.2) is 4.98 Å². The van der Waals surface area contributed by atoms with Gasteiger partial charge in [-0.2, -0.15) is 18.2 Å². The van der Waals surface area contributed by atoms with Crippen LogP contribution in [0.15, 0.2) is 24.3 Å². The van der Waals surface area contributed by atoms with Crippen molar-refractivity contribution in [1.29, 1.82) is 0 Å². The van der Waals surface area contributed by atoms with Crippen LogP contribution in [-0.4, -0.2) is 35.0 Å². The molecule has 2 aromatic rings. The molecule has 0 bridgehead atoms. The van der Waals surface area contributed by atoms with E-state index >= 15 is 0 Å². The van der Waals surface area contributed by atoms with Crippen molar-refractivity contribution < 1.29 is 22.6 Å². The van der Waals surface area contributed by atoms with Crippen molar-refractivity contribution in [3.63, 3.8) is 0 Å². The predicted molar refractivity (Wildman–Crippen MR) is 118 cm³/mol. The first kappa shape index (κ1) is 22.4. The maximum absolute atomic E-state index is 13.5. The van der Waals surface area contributed by atoms with Crippen LogP contribution in [0.25, 0.3) is 0 Å². The largest absolute Gasteiger partial charge is 0.454 e. The molecule has 0 amide bonds. The highest BCUT2D eigenvalue weighted by Gasteiger charge is 2.35. The van der Waals surface area contributed by atoms with Gasteiger partial charge in [-0.1, -0.05) is 19.9 Å². The molecule has 11 heteroatoms. The van der Waals surface area contributed by atoms with Crippen molar-refractivity contribution in [3.05, 3.63) is 35.5 Å². The van der Waals surface area contributed by atoms with Crippen LogP contribution in [0.2, 0.25) is 0 Å². The number of aromatic nitrogens is 2. The van der Waals surface area contributed by atoms with E-state index in [1.54, 1.807) is 6.07 Å². The Bertz CT molecular complexity index is 994. The molecule has 7 nitrogen and oxygen atoms in total. The maximum Gasteiger partial charge on any atom is 0.433 e. The summed E-state index contributed by atoms with van der Waals surface area (Å²) in [6.45, 7) is 5.98. The van der Waals surface area contributed by atoms with Crippen molar-refractivity contribution in [3.8, 4) is 11.5 Å². The van der Waals surface area contributed by atoms with Crippen LogP contribution in [0.5, 0.6) is 11.5 Å². The lowest BCUT2D eigenvalue weighted by molar-refractivity contribution is -0.141. The van der Waals surface area contributed by atoms with Crippen LogP contribution >= 0.6 is 12.2 Å². The van der Waals surface area contributed by atoms with Crippen molar-refractivity contribution in [2.24, 2.45) is 11.8 Å². The van der Waals surface area contributed by atoms with Crippen LogP contribution < -0.4 is 25.0 Å². The van der Waals surface area contributed by atoms with Gasteiger partial charge in [0.2, 0.25) is 12.7 Å². The lowest BCUT2D eigenvalue weighted by atomic mass is 9.92. The lowest BCUT2D eigenvalue weighted by Crippen LogP contribution is -2.39. The van der Waals surface area contributed by atoms with Crippen LogP contribution in [-0.2, 0) is 12.7 Å². The number of hydrogen-bond acceptors (Lipinski definition) is 6. The summed E-state index contributed by atoms with van der Waals surface area (Å²) in [5.41, 5.74) is -0.130. The molecule has 0 spiro atoms. The number of halogens is 3. The Kier molecular flexibility index (Phi) is 6.27. The molecular weight excluding hydrogens is 443 g/mol. The molecule has 1 aromatic carbocycles. The monoisotopic (exact) mass is 467 g/mol. The number of fused-ring (bicyclic) bond motifs is 1. The molecule has 4 rings (SSSR count). The number of hydrogen-bond donors (Lipinski definition) is 2. The standard InChI is InChI=1S/C21H24F3N5O2S/c1-12-5-13(2)10-29(9-12)18-7-17(21(22,23)24)26-19(27-18)28-20(32)25-8-14-3-4-15-16(6-14)31-11-30-15/h3-4,6-7,12-13H,5,8-11H2,1-2H3,(H2,25,26,27,28,32)/t12-,13-/m0/s1. The average molecular weight is 468 g/mol. The van der Waals surface area contributed by atoms with E-state index in [0.717, 1.165) is 18.1 Å². The van der Waals surface area contributed by atoms with E-state index in [4.69, 9.17) is 21.7 Å². The Morgan fingerprint density at radius 2 is 1.84 bits per heavy atom. The zero-order valence-corrected chi connectivity index (χ0v) is 18.5. The van der Waals surface area contributed by atoms with Crippen molar-refractivity contribution in [2.75, 3.05) is 30.1 Å². The van der Waals surface area contributed by atoms with Crippen LogP contribution in [0.1, 0.15) is 31.5 Å². The van der Waals surface area contributed by atoms with E-state index in [2.05, 4.69) is 34.4 Å². The summed E-state index contributed by atoms with van der Waals surface area (Å²) in [4.78, 5) is 9.84. The molecule has 1 aromatic heterocycles. The zero-order chi connectivity index (χ0) is 22.9. The molecule has 2 atom stereocenters. The topological polar surface area (TPSA) is 71.5 Å². The molecule has 3 heterocycles. The van der Waals surface area contributed by atoms with Gasteiger partial charge in [0.05, 0.1) is 0 Å². The molecule has 1 saturated heterocycles. The Hall–Kier alpha value is -2.82. The second-order valence-electron chi connectivity index (χ2n) is 8.28. The fraction of sp³-hybridized carbons (Fsp3) is 0.476. The molecule has 2 N–H and O–H groups in total. The van der Waals surface area contributed by atoms with Gasteiger partial charge in [-0.05, 0) is 48.2 Å². The number of rotatable bonds is 4. The highest BCUT2D eigenvalue weighted by Crippen LogP contribution is 2.33. The summed E-state index contributed by atoms with van der Waals surface area (Å²) in [6.07, 6.45) is -3.56. The van der Waals surface area contributed by atoms with E-state index in [-0.39, 0.29) is 23.7 Å². The molecule has 2 aliphatic heterocycles. The summed E-state index contributed by atoms with van der Waals surface area (Å²) in [5.74, 6) is 2.09. The van der Waals surface area contributed by atoms with Crippen LogP contribution in [0.4, 0.5) is 24.9 Å². The number of anilines is 2. The number of nitrogens with one attached hydrogen (secondary N) is 2. The van der Waals surface area contributed by atoms with Gasteiger partial charge in [-0.15, -0.1) is 0 Å². The SMILES string of the molecule is C[C@H]1C[C@H](C)CN(c2cc(C(F)(F)F)nc(NC(=S)NCc3ccc4c(c3)OCO4)n2)C1. The number of benzene rings is 1. The summed E-state index contributed by atoms with van der Waals surface area (Å²) >= 11 is 5.26. The maximum atomic E-state index is 13.5. The van der Waals surface area contributed by atoms with Gasteiger partial charge in [0, 0.05) is 25.7 Å². The normalized spacial score (nSPS) is 20.2. The van der Waals surface area contributed by atoms with Crippen molar-refractivity contribution in [2.45, 2.75) is 33.0 Å². The third kappa shape index (κ3) is 5.32. The van der Waals surface area contributed by atoms with Gasteiger partial charge in [-0.3, -0.25) is 0 Å². The van der Waals surface area contributed by atoms with Gasteiger partial charge in [0.25, 0.3) is 0 Å². The number of thiocarbonyl (C=S) groups is 1. The molecule has 0 radical (unpaired) electrons. The Balaban J connectivity index is 1.47. The minimum Gasteiger partial charge on any atom is -0.454 e. The quantitative estimate of drug-likeness (QED) is 0.649. The van der Waals surface area contributed by atoms with Crippen LogP contribution in [0.3, 0.4) is 0 Å². The average Bonchev–Trinajstić information content (AvgIpc) is 3.18. The number of piperidine rings is 1. The summed E-state index contributed by atoms with van der Waals surface area (Å²) < 4.78 is 51.1. The number of nitrogens with zero attached hydrogens (tertiary/aromatic N) is 3. The zero-order valence-electron chi connectivity index (χ0n) is 17.7. The fourth-order valence-corrected chi connectivity index (χ4v) is 4.19. The van der Waals surface area contributed by atoms with Crippen molar-refractivity contribution in [1.82, 2.24) is 15.3 Å². The highest BCUT2D eigenvalue weighted by atomic mass is 32.1. The number of alkyl halides is 3. The molecule has 32 heavy (non-hydrogen) atoms. The summed E-state index contributed by atoms with van der Waals surface area (Å²) in [7, 11) is 0. The summed E-state index contributed by atoms with van der Waals surface area (Å²) in [5, 5.41) is 5.77. The Morgan fingerprint density at radius 3 is 2.56 bits per heavy atom. The fourth-order valence-electron chi connectivity index (χ4n) is 4.03. The van der Waals surface area contributed by atoms with E-state index in [1.807, 2.05) is 17.0 Å². The first-order chi connectivity index (χ1) is 15.2. The molecule has 0 saturated carbocycles. The molecular formula is C21H24F3N5O2S. The first-order valence-corrected chi connectivity index (χ1v) is 10.7.